The molecule has 1 aliphatic heterocycles. The molecule has 0 saturated carbocycles. The minimum Gasteiger partial charge on any atom is -0.471 e. The van der Waals surface area contributed by atoms with Gasteiger partial charge in [-0.15, -0.1) is 0 Å². The van der Waals surface area contributed by atoms with Crippen molar-refractivity contribution in [3.05, 3.63) is 47.8 Å². The average Bonchev–Trinajstić information content (AvgIpc) is 3.07. The molecule has 1 aliphatic rings. The van der Waals surface area contributed by atoms with Gasteiger partial charge in [0.25, 0.3) is 0 Å². The first-order chi connectivity index (χ1) is 10.8. The molecule has 112 valence electrons. The number of anilines is 1. The molecule has 22 heavy (non-hydrogen) atoms. The molecule has 0 aromatic carbocycles. The highest BCUT2D eigenvalue weighted by Crippen LogP contribution is 2.15. The van der Waals surface area contributed by atoms with Gasteiger partial charge in [-0.25, -0.2) is 0 Å². The monoisotopic (exact) mass is 295 g/mol. The van der Waals surface area contributed by atoms with Crippen LogP contribution in [0.5, 0.6) is 5.88 Å². The highest BCUT2D eigenvalue weighted by molar-refractivity contribution is 5.38. The van der Waals surface area contributed by atoms with Crippen molar-refractivity contribution in [3.63, 3.8) is 0 Å². The predicted molar refractivity (Wildman–Crippen MR) is 82.4 cm³/mol. The molecule has 0 aliphatic carbocycles. The second-order valence-corrected chi connectivity index (χ2v) is 5.13. The first-order valence-corrected chi connectivity index (χ1v) is 7.25. The minimum absolute atomic E-state index is 0.327. The maximum absolute atomic E-state index is 8.74. The quantitative estimate of drug-likeness (QED) is 0.873. The summed E-state index contributed by atoms with van der Waals surface area (Å²) in [5, 5.41) is 15.4. The second kappa shape index (κ2) is 6.87. The third-order valence-electron chi connectivity index (χ3n) is 3.46. The Hall–Kier alpha value is -2.65. The molecule has 1 atom stereocenters. The number of rotatable bonds is 5. The van der Waals surface area contributed by atoms with Gasteiger partial charge in [0, 0.05) is 24.8 Å². The van der Waals surface area contributed by atoms with Crippen LogP contribution >= 0.6 is 0 Å². The van der Waals surface area contributed by atoms with Crippen LogP contribution in [0.2, 0.25) is 0 Å². The number of ether oxygens (including phenoxy) is 1. The molecule has 2 aromatic heterocycles. The Labute approximate surface area is 129 Å². The van der Waals surface area contributed by atoms with E-state index in [1.54, 1.807) is 12.1 Å². The molecular formula is C16H17N5O. The molecule has 0 bridgehead atoms. The maximum Gasteiger partial charge on any atom is 0.215 e. The molecule has 0 unspecified atom stereocenters. The van der Waals surface area contributed by atoms with E-state index in [1.807, 2.05) is 24.3 Å². The van der Waals surface area contributed by atoms with Crippen LogP contribution in [-0.4, -0.2) is 29.1 Å². The zero-order chi connectivity index (χ0) is 15.2. The SMILES string of the molecule is N#Cc1ccc(COc2cccc(N[C@@H]3CCNC3)n2)nc1. The molecule has 0 radical (unpaired) electrons. The molecule has 2 N–H and O–H groups in total. The number of hydrogen-bond acceptors (Lipinski definition) is 6. The second-order valence-electron chi connectivity index (χ2n) is 5.13. The van der Waals surface area contributed by atoms with Crippen molar-refractivity contribution in [2.45, 2.75) is 19.1 Å². The Morgan fingerprint density at radius 2 is 2.32 bits per heavy atom. The summed E-state index contributed by atoms with van der Waals surface area (Å²) in [6, 6.07) is 11.6. The van der Waals surface area contributed by atoms with Gasteiger partial charge in [-0.05, 0) is 31.2 Å². The summed E-state index contributed by atoms with van der Waals surface area (Å²) in [5.41, 5.74) is 1.30. The number of nitrogens with one attached hydrogen (secondary N) is 2. The fourth-order valence-corrected chi connectivity index (χ4v) is 2.29. The third kappa shape index (κ3) is 3.71. The van der Waals surface area contributed by atoms with Gasteiger partial charge in [0.2, 0.25) is 5.88 Å². The normalized spacial score (nSPS) is 17.0. The summed E-state index contributed by atoms with van der Waals surface area (Å²) in [5.74, 6) is 1.38. The average molecular weight is 295 g/mol. The zero-order valence-electron chi connectivity index (χ0n) is 12.1. The van der Waals surface area contributed by atoms with E-state index < -0.39 is 0 Å². The summed E-state index contributed by atoms with van der Waals surface area (Å²) in [6.45, 7) is 2.33. The van der Waals surface area contributed by atoms with Crippen molar-refractivity contribution < 1.29 is 4.74 Å². The maximum atomic E-state index is 8.74. The highest BCUT2D eigenvalue weighted by Gasteiger charge is 2.14. The van der Waals surface area contributed by atoms with Gasteiger partial charge in [0.1, 0.15) is 18.5 Å². The minimum atomic E-state index is 0.327. The van der Waals surface area contributed by atoms with Crippen LogP contribution in [0.3, 0.4) is 0 Å². The van der Waals surface area contributed by atoms with Gasteiger partial charge in [-0.3, -0.25) is 4.98 Å². The standard InChI is InChI=1S/C16H17N5O/c17-8-12-4-5-14(19-9-12)11-22-16-3-1-2-15(21-16)20-13-6-7-18-10-13/h1-5,9,13,18H,6-7,10-11H2,(H,20,21)/t13-/m1/s1. The topological polar surface area (TPSA) is 82.9 Å². The fraction of sp³-hybridized carbons (Fsp3) is 0.312. The van der Waals surface area contributed by atoms with Gasteiger partial charge >= 0.3 is 0 Å². The Kier molecular flexibility index (Phi) is 4.47. The van der Waals surface area contributed by atoms with Crippen LogP contribution in [-0.2, 0) is 6.61 Å². The number of nitriles is 1. The smallest absolute Gasteiger partial charge is 0.215 e. The molecule has 0 spiro atoms. The molecule has 3 heterocycles. The largest absolute Gasteiger partial charge is 0.471 e. The van der Waals surface area contributed by atoms with Crippen molar-refractivity contribution in [1.82, 2.24) is 15.3 Å². The molecular weight excluding hydrogens is 278 g/mol. The van der Waals surface area contributed by atoms with Crippen LogP contribution < -0.4 is 15.4 Å². The first kappa shape index (κ1) is 14.3. The summed E-state index contributed by atoms with van der Waals surface area (Å²) in [6.07, 6.45) is 2.64. The molecule has 1 fully saturated rings. The van der Waals surface area contributed by atoms with E-state index >= 15 is 0 Å². The van der Waals surface area contributed by atoms with Crippen LogP contribution in [0.25, 0.3) is 0 Å². The molecule has 1 saturated heterocycles. The van der Waals surface area contributed by atoms with Crippen molar-refractivity contribution >= 4 is 5.82 Å². The van der Waals surface area contributed by atoms with Gasteiger partial charge < -0.3 is 15.4 Å². The fourth-order valence-electron chi connectivity index (χ4n) is 2.29. The lowest BCUT2D eigenvalue weighted by Gasteiger charge is -2.13. The predicted octanol–water partition coefficient (Wildman–Crippen LogP) is 1.70. The van der Waals surface area contributed by atoms with Crippen molar-refractivity contribution in [2.75, 3.05) is 18.4 Å². The lowest BCUT2D eigenvalue weighted by molar-refractivity contribution is 0.289. The van der Waals surface area contributed by atoms with Crippen LogP contribution in [0, 0.1) is 11.3 Å². The number of aromatic nitrogens is 2. The van der Waals surface area contributed by atoms with Gasteiger partial charge in [-0.2, -0.15) is 10.2 Å². The number of pyridine rings is 2. The van der Waals surface area contributed by atoms with Gasteiger partial charge in [0.05, 0.1) is 11.3 Å². The molecule has 2 aromatic rings. The van der Waals surface area contributed by atoms with Crippen LogP contribution in [0.15, 0.2) is 36.5 Å². The van der Waals surface area contributed by atoms with Crippen molar-refractivity contribution in [1.29, 1.82) is 5.26 Å². The Morgan fingerprint density at radius 3 is 3.05 bits per heavy atom. The van der Waals surface area contributed by atoms with E-state index in [-0.39, 0.29) is 0 Å². The number of hydrogen-bond donors (Lipinski definition) is 2. The summed E-state index contributed by atoms with van der Waals surface area (Å²) >= 11 is 0. The third-order valence-corrected chi connectivity index (χ3v) is 3.46. The molecule has 6 heteroatoms. The Balaban J connectivity index is 1.58. The van der Waals surface area contributed by atoms with E-state index in [0.717, 1.165) is 31.0 Å². The van der Waals surface area contributed by atoms with E-state index in [9.17, 15) is 0 Å². The summed E-state index contributed by atoms with van der Waals surface area (Å²) in [7, 11) is 0. The molecule has 6 nitrogen and oxygen atoms in total. The highest BCUT2D eigenvalue weighted by atomic mass is 16.5. The molecule has 3 rings (SSSR count). The first-order valence-electron chi connectivity index (χ1n) is 7.25. The Morgan fingerprint density at radius 1 is 1.36 bits per heavy atom. The van der Waals surface area contributed by atoms with Crippen LogP contribution in [0.1, 0.15) is 17.7 Å². The zero-order valence-corrected chi connectivity index (χ0v) is 12.1. The van der Waals surface area contributed by atoms with E-state index in [4.69, 9.17) is 10.00 Å². The lowest BCUT2D eigenvalue weighted by Crippen LogP contribution is -2.22. The van der Waals surface area contributed by atoms with Gasteiger partial charge in [0.15, 0.2) is 0 Å². The summed E-state index contributed by atoms with van der Waals surface area (Å²) < 4.78 is 5.66. The van der Waals surface area contributed by atoms with E-state index in [2.05, 4.69) is 20.6 Å². The van der Waals surface area contributed by atoms with E-state index in [0.29, 0.717) is 24.1 Å². The number of nitrogens with zero attached hydrogens (tertiary/aromatic N) is 3. The lowest BCUT2D eigenvalue weighted by atomic mass is 10.2. The van der Waals surface area contributed by atoms with Crippen LogP contribution in [0.4, 0.5) is 5.82 Å². The van der Waals surface area contributed by atoms with Gasteiger partial charge in [-0.1, -0.05) is 6.07 Å². The van der Waals surface area contributed by atoms with E-state index in [1.165, 1.54) is 6.20 Å². The molecule has 0 amide bonds. The Bertz CT molecular complexity index is 659. The van der Waals surface area contributed by atoms with Crippen molar-refractivity contribution in [3.8, 4) is 11.9 Å². The summed E-state index contributed by atoms with van der Waals surface area (Å²) in [4.78, 5) is 8.61. The van der Waals surface area contributed by atoms with Crippen molar-refractivity contribution in [2.24, 2.45) is 0 Å².